The average Bonchev–Trinajstić information content (AvgIpc) is 3.66. The van der Waals surface area contributed by atoms with Crippen molar-refractivity contribution in [2.45, 2.75) is 81.5 Å². The smallest absolute Gasteiger partial charge is 0.416 e. The number of carboxylic acid groups (broad SMARTS) is 1. The van der Waals surface area contributed by atoms with Gasteiger partial charge in [-0.05, 0) is 85.4 Å². The molecule has 0 radical (unpaired) electrons. The minimum atomic E-state index is -4.42. The van der Waals surface area contributed by atoms with Gasteiger partial charge in [0.05, 0.1) is 5.56 Å². The molecule has 1 fully saturated rings. The first-order valence-corrected chi connectivity index (χ1v) is 14.0. The second-order valence-electron chi connectivity index (χ2n) is 11.3. The Kier molecular flexibility index (Phi) is 7.91. The lowest BCUT2D eigenvalue weighted by atomic mass is 9.79. The van der Waals surface area contributed by atoms with Gasteiger partial charge in [0.2, 0.25) is 0 Å². The van der Waals surface area contributed by atoms with Crippen LogP contribution in [-0.4, -0.2) is 34.1 Å². The molecule has 1 heterocycles. The summed E-state index contributed by atoms with van der Waals surface area (Å²) in [6, 6.07) is 9.98. The summed E-state index contributed by atoms with van der Waals surface area (Å²) in [5, 5.41) is 10.9. The van der Waals surface area contributed by atoms with Crippen molar-refractivity contribution in [2.24, 2.45) is 22.2 Å². The number of hydrogen-bond acceptors (Lipinski definition) is 4. The lowest BCUT2D eigenvalue weighted by Crippen LogP contribution is -2.52. The number of fused-ring (bicyclic) bond motifs is 3. The SMILES string of the molecule is NC(N)=NCCC[C@](N)(C(=O)O)C1CCc2c1[nH]c1ccc(OCc3ccc(C4CCCC4)c(C(F)(F)F)c3)cc21. The summed E-state index contributed by atoms with van der Waals surface area (Å²) in [5.41, 5.74) is 18.6. The fraction of sp³-hybridized carbons (Fsp3) is 0.467. The van der Waals surface area contributed by atoms with Crippen LogP contribution in [0.1, 0.15) is 84.7 Å². The summed E-state index contributed by atoms with van der Waals surface area (Å²) in [6.45, 7) is 0.283. The molecule has 0 bridgehead atoms. The zero-order valence-electron chi connectivity index (χ0n) is 22.8. The number of nitrogens with one attached hydrogen (secondary N) is 1. The number of halogens is 3. The molecule has 3 aromatic rings. The van der Waals surface area contributed by atoms with Gasteiger partial charge >= 0.3 is 12.1 Å². The molecule has 0 amide bonds. The van der Waals surface area contributed by atoms with Crippen molar-refractivity contribution in [3.8, 4) is 5.75 Å². The lowest BCUT2D eigenvalue weighted by Gasteiger charge is -2.31. The van der Waals surface area contributed by atoms with Crippen LogP contribution in [-0.2, 0) is 24.0 Å². The van der Waals surface area contributed by atoms with Gasteiger partial charge in [-0.1, -0.05) is 25.0 Å². The Bertz CT molecular complexity index is 1460. The zero-order chi connectivity index (χ0) is 29.4. The molecule has 1 saturated carbocycles. The Labute approximate surface area is 236 Å². The van der Waals surface area contributed by atoms with Gasteiger partial charge in [-0.15, -0.1) is 0 Å². The molecule has 0 aliphatic heterocycles. The molecule has 1 unspecified atom stereocenters. The van der Waals surface area contributed by atoms with E-state index in [1.807, 2.05) is 12.1 Å². The molecular weight excluding hydrogens is 535 g/mol. The first-order chi connectivity index (χ1) is 19.5. The van der Waals surface area contributed by atoms with E-state index in [4.69, 9.17) is 21.9 Å². The summed E-state index contributed by atoms with van der Waals surface area (Å²) in [4.78, 5) is 19.6. The van der Waals surface area contributed by atoms with E-state index >= 15 is 0 Å². The van der Waals surface area contributed by atoms with Crippen LogP contribution >= 0.6 is 0 Å². The number of aromatic nitrogens is 1. The number of rotatable bonds is 10. The third kappa shape index (κ3) is 5.86. The number of H-pyrrole nitrogens is 1. The largest absolute Gasteiger partial charge is 0.489 e. The molecule has 5 rings (SSSR count). The highest BCUT2D eigenvalue weighted by molar-refractivity contribution is 5.88. The van der Waals surface area contributed by atoms with E-state index in [0.717, 1.165) is 47.8 Å². The van der Waals surface area contributed by atoms with E-state index in [2.05, 4.69) is 9.98 Å². The van der Waals surface area contributed by atoms with Crippen molar-refractivity contribution in [1.82, 2.24) is 4.98 Å². The summed E-state index contributed by atoms with van der Waals surface area (Å²) in [6.07, 6.45) is 0.903. The first-order valence-electron chi connectivity index (χ1n) is 14.0. The molecule has 41 heavy (non-hydrogen) atoms. The summed E-state index contributed by atoms with van der Waals surface area (Å²) in [5.74, 6) is -1.09. The maximum atomic E-state index is 13.9. The number of aliphatic carboxylic acids is 1. The quantitative estimate of drug-likeness (QED) is 0.127. The topological polar surface area (TPSA) is 153 Å². The number of alkyl halides is 3. The number of ether oxygens (including phenoxy) is 1. The van der Waals surface area contributed by atoms with Gasteiger partial charge in [-0.3, -0.25) is 9.79 Å². The molecule has 2 aliphatic carbocycles. The molecular formula is C30H36F3N5O3. The Hall–Kier alpha value is -3.73. The van der Waals surface area contributed by atoms with Crippen LogP contribution in [0.5, 0.6) is 5.75 Å². The second-order valence-corrected chi connectivity index (χ2v) is 11.3. The number of hydrogen-bond donors (Lipinski definition) is 5. The molecule has 220 valence electrons. The van der Waals surface area contributed by atoms with Crippen molar-refractivity contribution in [3.05, 3.63) is 64.3 Å². The molecule has 2 atom stereocenters. The summed E-state index contributed by atoms with van der Waals surface area (Å²) < 4.78 is 47.6. The van der Waals surface area contributed by atoms with Crippen molar-refractivity contribution >= 4 is 22.8 Å². The zero-order valence-corrected chi connectivity index (χ0v) is 22.8. The fourth-order valence-corrected chi connectivity index (χ4v) is 6.56. The van der Waals surface area contributed by atoms with E-state index in [1.54, 1.807) is 18.2 Å². The highest BCUT2D eigenvalue weighted by Crippen LogP contribution is 2.45. The monoisotopic (exact) mass is 571 g/mol. The first kappa shape index (κ1) is 28.8. The van der Waals surface area contributed by atoms with Gasteiger partial charge in [0.15, 0.2) is 5.96 Å². The van der Waals surface area contributed by atoms with E-state index < -0.39 is 29.2 Å². The lowest BCUT2D eigenvalue weighted by molar-refractivity contribution is -0.144. The maximum Gasteiger partial charge on any atom is 0.416 e. The van der Waals surface area contributed by atoms with Crippen LogP contribution < -0.4 is 21.9 Å². The Morgan fingerprint density at radius 2 is 1.85 bits per heavy atom. The van der Waals surface area contributed by atoms with Crippen LogP contribution in [0.25, 0.3) is 10.9 Å². The molecule has 1 aromatic heterocycles. The molecule has 11 heteroatoms. The Morgan fingerprint density at radius 3 is 2.54 bits per heavy atom. The standard InChI is InChI=1S/C30H36F3N5O3/c31-30(32,33)24-14-17(6-8-20(24)18-4-1-2-5-18)16-41-19-7-11-25-22(15-19)21-9-10-23(26(21)38-25)29(36,27(39)40)12-3-13-37-28(34)35/h6-8,11,14-15,18,23,38H,1-5,9-10,12-13,16,36H2,(H,39,40)(H4,34,35,37)/t23?,29-/m1/s1. The van der Waals surface area contributed by atoms with Gasteiger partial charge < -0.3 is 32.0 Å². The molecule has 0 spiro atoms. The average molecular weight is 572 g/mol. The van der Waals surface area contributed by atoms with Crippen LogP contribution in [0.3, 0.4) is 0 Å². The third-order valence-corrected chi connectivity index (χ3v) is 8.63. The summed E-state index contributed by atoms with van der Waals surface area (Å²) in [7, 11) is 0. The number of aliphatic imine (C=N–C) groups is 1. The van der Waals surface area contributed by atoms with Crippen molar-refractivity contribution < 1.29 is 27.8 Å². The predicted molar refractivity (Wildman–Crippen MR) is 151 cm³/mol. The van der Waals surface area contributed by atoms with Crippen molar-refractivity contribution in [1.29, 1.82) is 0 Å². The Balaban J connectivity index is 1.34. The molecule has 8 N–H and O–H groups in total. The van der Waals surface area contributed by atoms with Crippen LogP contribution in [0.2, 0.25) is 0 Å². The van der Waals surface area contributed by atoms with E-state index in [1.165, 1.54) is 6.07 Å². The minimum absolute atomic E-state index is 0.00447. The maximum absolute atomic E-state index is 13.9. The number of guanidine groups is 1. The minimum Gasteiger partial charge on any atom is -0.489 e. The van der Waals surface area contributed by atoms with Gasteiger partial charge in [0, 0.05) is 29.1 Å². The number of carboxylic acids is 1. The number of aromatic amines is 1. The molecule has 0 saturated heterocycles. The molecule has 2 aliphatic rings. The molecule has 8 nitrogen and oxygen atoms in total. The van der Waals surface area contributed by atoms with Crippen molar-refractivity contribution in [2.75, 3.05) is 6.54 Å². The van der Waals surface area contributed by atoms with Crippen LogP contribution in [0.15, 0.2) is 41.4 Å². The molecule has 2 aromatic carbocycles. The number of nitrogens with two attached hydrogens (primary N) is 3. The van der Waals surface area contributed by atoms with E-state index in [9.17, 15) is 23.1 Å². The highest BCUT2D eigenvalue weighted by atomic mass is 19.4. The predicted octanol–water partition coefficient (Wildman–Crippen LogP) is 5.29. The highest BCUT2D eigenvalue weighted by Gasteiger charge is 2.46. The number of nitrogens with zero attached hydrogens (tertiary/aromatic N) is 1. The fourth-order valence-electron chi connectivity index (χ4n) is 6.56. The van der Waals surface area contributed by atoms with Gasteiger partial charge in [-0.25, -0.2) is 0 Å². The van der Waals surface area contributed by atoms with E-state index in [-0.39, 0.29) is 31.4 Å². The van der Waals surface area contributed by atoms with Gasteiger partial charge in [-0.2, -0.15) is 13.2 Å². The van der Waals surface area contributed by atoms with Crippen LogP contribution in [0.4, 0.5) is 13.2 Å². The van der Waals surface area contributed by atoms with Gasteiger partial charge in [0.25, 0.3) is 0 Å². The second kappa shape index (κ2) is 11.3. The number of carbonyl (C=O) groups is 1. The third-order valence-electron chi connectivity index (χ3n) is 8.63. The number of aryl methyl sites for hydroxylation is 1. The van der Waals surface area contributed by atoms with Crippen LogP contribution in [0, 0.1) is 0 Å². The summed E-state index contributed by atoms with van der Waals surface area (Å²) >= 11 is 0. The van der Waals surface area contributed by atoms with Gasteiger partial charge in [0.1, 0.15) is 17.9 Å². The number of benzene rings is 2. The van der Waals surface area contributed by atoms with E-state index in [0.29, 0.717) is 36.1 Å². The Morgan fingerprint density at radius 1 is 1.10 bits per heavy atom. The van der Waals surface area contributed by atoms with Crippen molar-refractivity contribution in [3.63, 3.8) is 0 Å². The normalized spacial score (nSPS) is 18.8.